The molecule has 140 valence electrons. The van der Waals surface area contributed by atoms with Crippen LogP contribution in [-0.2, 0) is 0 Å². The van der Waals surface area contributed by atoms with Crippen LogP contribution < -0.4 is 20.1 Å². The van der Waals surface area contributed by atoms with Gasteiger partial charge in [-0.3, -0.25) is 4.79 Å². The van der Waals surface area contributed by atoms with Gasteiger partial charge in [0, 0.05) is 12.1 Å². The van der Waals surface area contributed by atoms with Gasteiger partial charge in [0.1, 0.15) is 0 Å². The quantitative estimate of drug-likeness (QED) is 0.637. The van der Waals surface area contributed by atoms with E-state index in [1.54, 1.807) is 12.1 Å². The molecule has 1 aromatic carbocycles. The molecular formula is C20H32N2O3. The summed E-state index contributed by atoms with van der Waals surface area (Å²) in [4.78, 5) is 12.4. The predicted octanol–water partition coefficient (Wildman–Crippen LogP) is 3.38. The molecule has 0 bridgehead atoms. The van der Waals surface area contributed by atoms with Gasteiger partial charge in [-0.05, 0) is 69.8 Å². The highest BCUT2D eigenvalue weighted by atomic mass is 16.5. The lowest BCUT2D eigenvalue weighted by Gasteiger charge is -2.22. The summed E-state index contributed by atoms with van der Waals surface area (Å²) in [5, 5.41) is 6.43. The zero-order chi connectivity index (χ0) is 17.9. The standard InChI is InChI=1S/C20H32N2O3/c1-3-5-13-25-18-9-8-17(14-19(18)24-4-2)20(23)22-12-10-16-7-6-11-21-15-16/h8-9,14,16,21H,3-7,10-13,15H2,1-2H3,(H,22,23). The van der Waals surface area contributed by atoms with Gasteiger partial charge in [0.25, 0.3) is 5.91 Å². The van der Waals surface area contributed by atoms with Crippen molar-refractivity contribution in [1.29, 1.82) is 0 Å². The average molecular weight is 348 g/mol. The van der Waals surface area contributed by atoms with Crippen LogP contribution in [0, 0.1) is 5.92 Å². The first-order valence-corrected chi connectivity index (χ1v) is 9.63. The number of rotatable bonds is 10. The van der Waals surface area contributed by atoms with Crippen molar-refractivity contribution in [3.8, 4) is 11.5 Å². The van der Waals surface area contributed by atoms with Gasteiger partial charge in [0.2, 0.25) is 0 Å². The van der Waals surface area contributed by atoms with Crippen molar-refractivity contribution in [2.24, 2.45) is 5.92 Å². The number of nitrogens with one attached hydrogen (secondary N) is 2. The van der Waals surface area contributed by atoms with E-state index in [4.69, 9.17) is 9.47 Å². The molecule has 1 heterocycles. The summed E-state index contributed by atoms with van der Waals surface area (Å²) in [6.07, 6.45) is 5.59. The predicted molar refractivity (Wildman–Crippen MR) is 101 cm³/mol. The lowest BCUT2D eigenvalue weighted by Crippen LogP contribution is -2.33. The van der Waals surface area contributed by atoms with Crippen LogP contribution in [0.3, 0.4) is 0 Å². The summed E-state index contributed by atoms with van der Waals surface area (Å²) < 4.78 is 11.4. The van der Waals surface area contributed by atoms with Crippen LogP contribution in [0.5, 0.6) is 11.5 Å². The average Bonchev–Trinajstić information content (AvgIpc) is 2.64. The molecule has 0 spiro atoms. The summed E-state index contributed by atoms with van der Waals surface area (Å²) in [6.45, 7) is 8.17. The van der Waals surface area contributed by atoms with Crippen LogP contribution in [0.1, 0.15) is 56.3 Å². The van der Waals surface area contributed by atoms with Crippen molar-refractivity contribution >= 4 is 5.91 Å². The van der Waals surface area contributed by atoms with Gasteiger partial charge in [0.15, 0.2) is 11.5 Å². The SMILES string of the molecule is CCCCOc1ccc(C(=O)NCCC2CCCNC2)cc1OCC. The zero-order valence-corrected chi connectivity index (χ0v) is 15.6. The number of unbranched alkanes of at least 4 members (excludes halogenated alkanes) is 1. The number of carbonyl (C=O) groups is 1. The summed E-state index contributed by atoms with van der Waals surface area (Å²) in [7, 11) is 0. The largest absolute Gasteiger partial charge is 0.490 e. The molecule has 25 heavy (non-hydrogen) atoms. The Balaban J connectivity index is 1.88. The maximum atomic E-state index is 12.4. The van der Waals surface area contributed by atoms with Crippen molar-refractivity contribution in [3.05, 3.63) is 23.8 Å². The molecule has 1 aliphatic heterocycles. The van der Waals surface area contributed by atoms with E-state index in [2.05, 4.69) is 17.6 Å². The fourth-order valence-electron chi connectivity index (χ4n) is 3.03. The smallest absolute Gasteiger partial charge is 0.251 e. The summed E-state index contributed by atoms with van der Waals surface area (Å²) in [6, 6.07) is 5.42. The molecule has 1 aromatic rings. The van der Waals surface area contributed by atoms with Crippen molar-refractivity contribution < 1.29 is 14.3 Å². The third-order valence-corrected chi connectivity index (χ3v) is 4.50. The van der Waals surface area contributed by atoms with Crippen molar-refractivity contribution in [2.45, 2.75) is 46.0 Å². The molecule has 2 N–H and O–H groups in total. The van der Waals surface area contributed by atoms with Crippen molar-refractivity contribution in [2.75, 3.05) is 32.8 Å². The summed E-state index contributed by atoms with van der Waals surface area (Å²) in [5.41, 5.74) is 0.619. The molecule has 0 saturated carbocycles. The van der Waals surface area contributed by atoms with E-state index in [-0.39, 0.29) is 5.91 Å². The van der Waals surface area contributed by atoms with Gasteiger partial charge < -0.3 is 20.1 Å². The lowest BCUT2D eigenvalue weighted by atomic mass is 9.96. The zero-order valence-electron chi connectivity index (χ0n) is 15.6. The van der Waals surface area contributed by atoms with E-state index in [9.17, 15) is 4.79 Å². The number of amides is 1. The number of carbonyl (C=O) groups excluding carboxylic acids is 1. The fraction of sp³-hybridized carbons (Fsp3) is 0.650. The Morgan fingerprint density at radius 2 is 2.16 bits per heavy atom. The Kier molecular flexibility index (Phi) is 8.60. The van der Waals surface area contributed by atoms with Crippen LogP contribution >= 0.6 is 0 Å². The van der Waals surface area contributed by atoms with Crippen LogP contribution in [0.4, 0.5) is 0 Å². The number of hydrogen-bond donors (Lipinski definition) is 2. The van der Waals surface area contributed by atoms with E-state index in [0.29, 0.717) is 42.7 Å². The molecule has 5 heteroatoms. The monoisotopic (exact) mass is 348 g/mol. The maximum Gasteiger partial charge on any atom is 0.251 e. The fourth-order valence-corrected chi connectivity index (χ4v) is 3.03. The van der Waals surface area contributed by atoms with Gasteiger partial charge in [-0.15, -0.1) is 0 Å². The highest BCUT2D eigenvalue weighted by Gasteiger charge is 2.14. The van der Waals surface area contributed by atoms with E-state index in [0.717, 1.165) is 32.4 Å². The third-order valence-electron chi connectivity index (χ3n) is 4.50. The maximum absolute atomic E-state index is 12.4. The first-order chi connectivity index (χ1) is 12.2. The minimum Gasteiger partial charge on any atom is -0.490 e. The lowest BCUT2D eigenvalue weighted by molar-refractivity contribution is 0.0950. The minimum atomic E-state index is -0.0511. The minimum absolute atomic E-state index is 0.0511. The van der Waals surface area contributed by atoms with Crippen molar-refractivity contribution in [3.63, 3.8) is 0 Å². The third kappa shape index (κ3) is 6.58. The topological polar surface area (TPSA) is 59.6 Å². The first-order valence-electron chi connectivity index (χ1n) is 9.63. The van der Waals surface area contributed by atoms with Gasteiger partial charge in [-0.2, -0.15) is 0 Å². The van der Waals surface area contributed by atoms with Gasteiger partial charge in [-0.1, -0.05) is 13.3 Å². The molecule has 1 aliphatic rings. The van der Waals surface area contributed by atoms with Crippen LogP contribution in [0.15, 0.2) is 18.2 Å². The second kappa shape index (κ2) is 11.0. The van der Waals surface area contributed by atoms with E-state index in [1.807, 2.05) is 13.0 Å². The van der Waals surface area contributed by atoms with E-state index >= 15 is 0 Å². The molecule has 1 saturated heterocycles. The summed E-state index contributed by atoms with van der Waals surface area (Å²) >= 11 is 0. The molecule has 1 amide bonds. The van der Waals surface area contributed by atoms with Crippen LogP contribution in [0.2, 0.25) is 0 Å². The van der Waals surface area contributed by atoms with Crippen molar-refractivity contribution in [1.82, 2.24) is 10.6 Å². The molecule has 5 nitrogen and oxygen atoms in total. The number of ether oxygens (including phenoxy) is 2. The normalized spacial score (nSPS) is 17.1. The molecule has 0 aliphatic carbocycles. The Hall–Kier alpha value is -1.75. The Morgan fingerprint density at radius 3 is 2.88 bits per heavy atom. The highest BCUT2D eigenvalue weighted by molar-refractivity contribution is 5.94. The number of benzene rings is 1. The first kappa shape index (κ1) is 19.6. The van der Waals surface area contributed by atoms with E-state index in [1.165, 1.54) is 12.8 Å². The molecule has 2 rings (SSSR count). The Bertz CT molecular complexity index is 528. The summed E-state index contributed by atoms with van der Waals surface area (Å²) in [5.74, 6) is 1.97. The van der Waals surface area contributed by atoms with Gasteiger partial charge in [0.05, 0.1) is 13.2 Å². The van der Waals surface area contributed by atoms with Gasteiger partial charge in [-0.25, -0.2) is 0 Å². The molecule has 1 unspecified atom stereocenters. The molecule has 1 fully saturated rings. The second-order valence-corrected chi connectivity index (χ2v) is 6.55. The van der Waals surface area contributed by atoms with Crippen LogP contribution in [-0.4, -0.2) is 38.8 Å². The Labute approximate surface area is 151 Å². The number of hydrogen-bond acceptors (Lipinski definition) is 4. The molecule has 1 atom stereocenters. The second-order valence-electron chi connectivity index (χ2n) is 6.55. The highest BCUT2D eigenvalue weighted by Crippen LogP contribution is 2.28. The van der Waals surface area contributed by atoms with Crippen LogP contribution in [0.25, 0.3) is 0 Å². The van der Waals surface area contributed by atoms with E-state index < -0.39 is 0 Å². The number of piperidine rings is 1. The Morgan fingerprint density at radius 1 is 1.28 bits per heavy atom. The van der Waals surface area contributed by atoms with Gasteiger partial charge >= 0.3 is 0 Å². The molecular weight excluding hydrogens is 316 g/mol. The molecule has 0 radical (unpaired) electrons. The molecule has 0 aromatic heterocycles.